The molecule has 2 nitrogen and oxygen atoms in total. The van der Waals surface area contributed by atoms with E-state index in [0.29, 0.717) is 29.1 Å². The molecular weight excluding hydrogens is 595 g/mol. The van der Waals surface area contributed by atoms with Gasteiger partial charge in [-0.1, -0.05) is 148 Å². The number of benzene rings is 4. The molecule has 0 amide bonds. The third-order valence-corrected chi connectivity index (χ3v) is 12.9. The lowest BCUT2D eigenvalue weighted by Crippen LogP contribution is -2.34. The molecule has 2 aliphatic rings. The van der Waals surface area contributed by atoms with Crippen LogP contribution >= 0.6 is 0 Å². The molecular formula is C46H59BO2. The second-order valence-corrected chi connectivity index (χ2v) is 16.3. The summed E-state index contributed by atoms with van der Waals surface area (Å²) in [5.41, 5.74) is 14.1. The average Bonchev–Trinajstić information content (AvgIpc) is 3.53. The Kier molecular flexibility index (Phi) is 10.4. The lowest BCUT2D eigenvalue weighted by molar-refractivity contribution is 0.308. The molecule has 2 aliphatic carbocycles. The van der Waals surface area contributed by atoms with Gasteiger partial charge in [-0.25, -0.2) is 0 Å². The molecule has 4 unspecified atom stereocenters. The third-order valence-electron chi connectivity index (χ3n) is 12.9. The van der Waals surface area contributed by atoms with Crippen molar-refractivity contribution < 1.29 is 10.0 Å². The summed E-state index contributed by atoms with van der Waals surface area (Å²) in [5.74, 6) is 2.34. The normalized spacial score (nSPS) is 21.3. The Hall–Kier alpha value is -3.14. The molecule has 49 heavy (non-hydrogen) atoms. The van der Waals surface area contributed by atoms with Gasteiger partial charge in [-0.05, 0) is 123 Å². The van der Waals surface area contributed by atoms with Gasteiger partial charge in [-0.15, -0.1) is 0 Å². The molecule has 4 atom stereocenters. The van der Waals surface area contributed by atoms with Crippen molar-refractivity contribution in [2.24, 2.45) is 23.7 Å². The van der Waals surface area contributed by atoms with E-state index < -0.39 is 7.12 Å². The topological polar surface area (TPSA) is 40.5 Å². The van der Waals surface area contributed by atoms with Gasteiger partial charge in [0.2, 0.25) is 0 Å². The molecule has 0 saturated heterocycles. The molecule has 0 heterocycles. The highest BCUT2D eigenvalue weighted by Gasteiger charge is 2.46. The lowest BCUT2D eigenvalue weighted by Gasteiger charge is -2.37. The maximum absolute atomic E-state index is 10.3. The summed E-state index contributed by atoms with van der Waals surface area (Å²) < 4.78 is 0. The summed E-state index contributed by atoms with van der Waals surface area (Å²) in [6.45, 7) is 18.9. The first-order valence-corrected chi connectivity index (χ1v) is 19.4. The van der Waals surface area contributed by atoms with Crippen LogP contribution in [0.4, 0.5) is 0 Å². The Morgan fingerprint density at radius 2 is 0.837 bits per heavy atom. The molecule has 0 spiro atoms. The zero-order valence-electron chi connectivity index (χ0n) is 31.4. The SMILES string of the molecule is CCC(C)CC1(CC(C)CC)c2ccccc2-c2ccc(-c3ccc4c(c3)C(CC(C)CC)(CC(C)CC)c3cc(B(O)O)ccc3-4)cc21. The summed E-state index contributed by atoms with van der Waals surface area (Å²) in [6.07, 6.45) is 9.06. The number of hydrogen-bond acceptors (Lipinski definition) is 2. The molecule has 0 aliphatic heterocycles. The van der Waals surface area contributed by atoms with E-state index in [4.69, 9.17) is 0 Å². The summed E-state index contributed by atoms with van der Waals surface area (Å²) >= 11 is 0. The van der Waals surface area contributed by atoms with Crippen LogP contribution in [0.15, 0.2) is 78.9 Å². The predicted octanol–water partition coefficient (Wildman–Crippen LogP) is 11.3. The fourth-order valence-corrected chi connectivity index (χ4v) is 9.49. The minimum Gasteiger partial charge on any atom is -0.423 e. The minimum absolute atomic E-state index is 0.0121. The quantitative estimate of drug-likeness (QED) is 0.133. The van der Waals surface area contributed by atoms with E-state index in [9.17, 15) is 10.0 Å². The highest BCUT2D eigenvalue weighted by Crippen LogP contribution is 2.58. The first-order chi connectivity index (χ1) is 23.5. The Labute approximate surface area is 297 Å². The van der Waals surface area contributed by atoms with E-state index in [1.807, 2.05) is 6.07 Å². The van der Waals surface area contributed by atoms with Crippen LogP contribution in [-0.4, -0.2) is 17.2 Å². The Balaban J connectivity index is 1.56. The largest absolute Gasteiger partial charge is 0.488 e. The van der Waals surface area contributed by atoms with Gasteiger partial charge in [0.1, 0.15) is 0 Å². The van der Waals surface area contributed by atoms with Crippen molar-refractivity contribution in [3.8, 4) is 33.4 Å². The van der Waals surface area contributed by atoms with Crippen LogP contribution in [0.3, 0.4) is 0 Å². The van der Waals surface area contributed by atoms with E-state index in [1.165, 1.54) is 81.3 Å². The zero-order valence-corrected chi connectivity index (χ0v) is 31.4. The molecule has 258 valence electrons. The van der Waals surface area contributed by atoms with Crippen LogP contribution in [0.25, 0.3) is 33.4 Å². The Morgan fingerprint density at radius 3 is 1.27 bits per heavy atom. The van der Waals surface area contributed by atoms with Gasteiger partial charge < -0.3 is 10.0 Å². The minimum atomic E-state index is -1.48. The van der Waals surface area contributed by atoms with Crippen LogP contribution < -0.4 is 5.46 Å². The van der Waals surface area contributed by atoms with Gasteiger partial charge in [0, 0.05) is 10.8 Å². The fraction of sp³-hybridized carbons (Fsp3) is 0.478. The Morgan fingerprint density at radius 1 is 0.469 bits per heavy atom. The van der Waals surface area contributed by atoms with Crippen molar-refractivity contribution in [3.63, 3.8) is 0 Å². The molecule has 0 bridgehead atoms. The van der Waals surface area contributed by atoms with Crippen molar-refractivity contribution >= 4 is 12.6 Å². The lowest BCUT2D eigenvalue weighted by atomic mass is 9.65. The second kappa shape index (κ2) is 14.2. The summed E-state index contributed by atoms with van der Waals surface area (Å²) in [5, 5.41) is 20.5. The highest BCUT2D eigenvalue weighted by molar-refractivity contribution is 6.58. The van der Waals surface area contributed by atoms with E-state index in [-0.39, 0.29) is 10.8 Å². The van der Waals surface area contributed by atoms with Gasteiger partial charge in [-0.3, -0.25) is 0 Å². The first kappa shape index (κ1) is 35.7. The maximum atomic E-state index is 10.3. The van der Waals surface area contributed by atoms with Crippen LogP contribution in [-0.2, 0) is 10.8 Å². The zero-order chi connectivity index (χ0) is 35.1. The molecule has 3 heteroatoms. The predicted molar refractivity (Wildman–Crippen MR) is 210 cm³/mol. The van der Waals surface area contributed by atoms with E-state index in [2.05, 4.69) is 128 Å². The summed E-state index contributed by atoms with van der Waals surface area (Å²) in [7, 11) is -1.48. The molecule has 2 N–H and O–H groups in total. The number of hydrogen-bond donors (Lipinski definition) is 2. The van der Waals surface area contributed by atoms with Crippen LogP contribution in [0.1, 0.15) is 129 Å². The van der Waals surface area contributed by atoms with Crippen molar-refractivity contribution in [1.29, 1.82) is 0 Å². The van der Waals surface area contributed by atoms with E-state index in [1.54, 1.807) is 0 Å². The molecule has 0 aromatic heterocycles. The monoisotopic (exact) mass is 654 g/mol. The molecule has 0 radical (unpaired) electrons. The van der Waals surface area contributed by atoms with Crippen molar-refractivity contribution in [1.82, 2.24) is 0 Å². The fourth-order valence-electron chi connectivity index (χ4n) is 9.49. The van der Waals surface area contributed by atoms with Crippen LogP contribution in [0, 0.1) is 23.7 Å². The number of fused-ring (bicyclic) bond motifs is 6. The molecule has 0 saturated carbocycles. The van der Waals surface area contributed by atoms with Gasteiger partial charge >= 0.3 is 7.12 Å². The van der Waals surface area contributed by atoms with Crippen LogP contribution in [0.2, 0.25) is 0 Å². The smallest absolute Gasteiger partial charge is 0.423 e. The van der Waals surface area contributed by atoms with Crippen molar-refractivity contribution in [3.05, 3.63) is 101 Å². The third kappa shape index (κ3) is 6.25. The molecule has 4 aromatic carbocycles. The standard InChI is InChI=1S/C46H59BO2/c1-9-30(5)26-45(27-31(6)10-2)41-16-14-13-15-37(41)38-20-17-34(23-42(38)45)35-18-21-39-40-22-19-36(47(48)49)25-44(40)46(43(39)24-35,28-32(7)11-3)29-33(8)12-4/h13-25,30-33,48-49H,9-12,26-29H2,1-8H3. The summed E-state index contributed by atoms with van der Waals surface area (Å²) in [4.78, 5) is 0. The van der Waals surface area contributed by atoms with Crippen molar-refractivity contribution in [2.75, 3.05) is 0 Å². The van der Waals surface area contributed by atoms with Gasteiger partial charge in [0.05, 0.1) is 0 Å². The number of rotatable bonds is 14. The van der Waals surface area contributed by atoms with Gasteiger partial charge in [0.15, 0.2) is 0 Å². The molecule has 4 aromatic rings. The van der Waals surface area contributed by atoms with Gasteiger partial charge in [-0.2, -0.15) is 0 Å². The van der Waals surface area contributed by atoms with Crippen molar-refractivity contribution in [2.45, 2.75) is 118 Å². The first-order valence-electron chi connectivity index (χ1n) is 19.4. The highest BCUT2D eigenvalue weighted by atomic mass is 16.4. The van der Waals surface area contributed by atoms with Gasteiger partial charge in [0.25, 0.3) is 0 Å². The second-order valence-electron chi connectivity index (χ2n) is 16.3. The van der Waals surface area contributed by atoms with E-state index in [0.717, 1.165) is 25.7 Å². The average molecular weight is 655 g/mol. The maximum Gasteiger partial charge on any atom is 0.488 e. The van der Waals surface area contributed by atoms with E-state index >= 15 is 0 Å². The molecule has 6 rings (SSSR count). The van der Waals surface area contributed by atoms with Crippen LogP contribution in [0.5, 0.6) is 0 Å². The Bertz CT molecular complexity index is 1760. The molecule has 0 fully saturated rings. The summed E-state index contributed by atoms with van der Waals surface area (Å²) in [6, 6.07) is 30.0.